The van der Waals surface area contributed by atoms with Crippen molar-refractivity contribution in [3.63, 3.8) is 0 Å². The number of phenols is 1. The van der Waals surface area contributed by atoms with Gasteiger partial charge in [0, 0.05) is 22.5 Å². The maximum atomic E-state index is 11.7. The van der Waals surface area contributed by atoms with Gasteiger partial charge in [-0.2, -0.15) is 0 Å². The number of hydrogen-bond acceptors (Lipinski definition) is 2. The number of fused-ring (bicyclic) bond motifs is 1. The maximum Gasteiger partial charge on any atom is 0.190 e. The molecule has 0 amide bonds. The number of benzene rings is 3. The van der Waals surface area contributed by atoms with Crippen molar-refractivity contribution in [3.05, 3.63) is 125 Å². The molecule has 34 heavy (non-hydrogen) atoms. The predicted octanol–water partition coefficient (Wildman–Crippen LogP) is 5.71. The van der Waals surface area contributed by atoms with Crippen LogP contribution in [0.3, 0.4) is 0 Å². The lowest BCUT2D eigenvalue weighted by molar-refractivity contribution is -0.795. The normalized spacial score (nSPS) is 19.7. The molecule has 3 aromatic rings. The molecular weight excluding hydrogens is 418 g/mol. The fourth-order valence-electron chi connectivity index (χ4n) is 4.82. The van der Waals surface area contributed by atoms with Crippen LogP contribution in [0.5, 0.6) is 5.75 Å². The standard InChI is InChI=1S/C30H31N3O/c1-29(2,21-13-7-5-8-14-21)23-19-24(30(3,4)22-15-9-6-10-16-22)28(34)27(20-23)33-31-25-17-11-12-18-26(25)32-33/h5-20,25,33-34H,1-4H3. The third-order valence-corrected chi connectivity index (χ3v) is 7.21. The van der Waals surface area contributed by atoms with Crippen molar-refractivity contribution in [3.8, 4) is 5.75 Å². The maximum absolute atomic E-state index is 11.7. The van der Waals surface area contributed by atoms with Crippen molar-refractivity contribution in [1.29, 1.82) is 0 Å². The molecule has 3 aromatic carbocycles. The van der Waals surface area contributed by atoms with Crippen LogP contribution >= 0.6 is 0 Å². The minimum Gasteiger partial charge on any atom is -0.502 e. The van der Waals surface area contributed by atoms with Crippen LogP contribution in [0.1, 0.15) is 49.9 Å². The molecule has 0 aromatic heterocycles. The van der Waals surface area contributed by atoms with Gasteiger partial charge in [0.15, 0.2) is 11.4 Å². The SMILES string of the molecule is CC(C)(c1ccccc1)c1cc([NH+]2N=C3C=CC=CC3[N-]2)c(O)c(C(C)(C)c2ccccc2)c1. The topological polar surface area (TPSA) is 51.1 Å². The Kier molecular flexibility index (Phi) is 5.51. The molecule has 2 unspecified atom stereocenters. The average molecular weight is 450 g/mol. The highest BCUT2D eigenvalue weighted by atomic mass is 16.3. The van der Waals surface area contributed by atoms with Gasteiger partial charge < -0.3 is 10.5 Å². The summed E-state index contributed by atoms with van der Waals surface area (Å²) < 4.78 is 0. The van der Waals surface area contributed by atoms with Gasteiger partial charge >= 0.3 is 0 Å². The van der Waals surface area contributed by atoms with E-state index in [1.54, 1.807) is 0 Å². The highest BCUT2D eigenvalue weighted by molar-refractivity contribution is 6.03. The zero-order valence-corrected chi connectivity index (χ0v) is 20.2. The number of phenolic OH excluding ortho intramolecular Hbond substituents is 1. The van der Waals surface area contributed by atoms with Gasteiger partial charge in [-0.15, -0.1) is 0 Å². The lowest BCUT2D eigenvalue weighted by Gasteiger charge is -2.33. The lowest BCUT2D eigenvalue weighted by atomic mass is 9.72. The third-order valence-electron chi connectivity index (χ3n) is 7.21. The van der Waals surface area contributed by atoms with E-state index >= 15 is 0 Å². The second kappa shape index (κ2) is 8.39. The second-order valence-corrected chi connectivity index (χ2v) is 10.1. The van der Waals surface area contributed by atoms with Crippen molar-refractivity contribution >= 4 is 11.4 Å². The quantitative estimate of drug-likeness (QED) is 0.482. The van der Waals surface area contributed by atoms with Crippen LogP contribution in [0.2, 0.25) is 0 Å². The molecule has 0 fully saturated rings. The van der Waals surface area contributed by atoms with Crippen molar-refractivity contribution in [1.82, 2.24) is 0 Å². The predicted molar refractivity (Wildman–Crippen MR) is 139 cm³/mol. The number of aromatic hydroxyl groups is 1. The van der Waals surface area contributed by atoms with Gasteiger partial charge in [-0.05, 0) is 34.9 Å². The Morgan fingerprint density at radius 2 is 1.41 bits per heavy atom. The van der Waals surface area contributed by atoms with E-state index in [-0.39, 0.29) is 17.2 Å². The second-order valence-electron chi connectivity index (χ2n) is 10.1. The van der Waals surface area contributed by atoms with Crippen LogP contribution < -0.4 is 5.12 Å². The van der Waals surface area contributed by atoms with Crippen LogP contribution in [-0.2, 0) is 10.8 Å². The van der Waals surface area contributed by atoms with E-state index < -0.39 is 5.41 Å². The highest BCUT2D eigenvalue weighted by Gasteiger charge is 2.34. The fraction of sp³-hybridized carbons (Fsp3) is 0.233. The third kappa shape index (κ3) is 3.79. The van der Waals surface area contributed by atoms with E-state index in [0.29, 0.717) is 10.8 Å². The van der Waals surface area contributed by atoms with E-state index in [1.165, 1.54) is 5.56 Å². The minimum atomic E-state index is -0.415. The van der Waals surface area contributed by atoms with Crippen LogP contribution in [0, 0.1) is 0 Å². The molecule has 2 atom stereocenters. The van der Waals surface area contributed by atoms with Gasteiger partial charge in [0.05, 0.1) is 5.71 Å². The largest absolute Gasteiger partial charge is 0.502 e. The highest BCUT2D eigenvalue weighted by Crippen LogP contribution is 2.44. The lowest BCUT2D eigenvalue weighted by Crippen LogP contribution is -2.96. The molecule has 0 saturated heterocycles. The molecule has 0 bridgehead atoms. The van der Waals surface area contributed by atoms with Gasteiger partial charge in [-0.1, -0.05) is 112 Å². The first kappa shape index (κ1) is 22.3. The van der Waals surface area contributed by atoms with Gasteiger partial charge in [0.1, 0.15) is 0 Å². The zero-order chi connectivity index (χ0) is 23.9. The molecule has 0 saturated carbocycles. The van der Waals surface area contributed by atoms with E-state index in [4.69, 9.17) is 10.5 Å². The Morgan fingerprint density at radius 3 is 2.03 bits per heavy atom. The molecule has 1 aliphatic carbocycles. The first-order valence-electron chi connectivity index (χ1n) is 11.8. The Labute approximate surface area is 201 Å². The molecule has 4 heteroatoms. The summed E-state index contributed by atoms with van der Waals surface area (Å²) in [5.74, 6) is 0.246. The summed E-state index contributed by atoms with van der Waals surface area (Å²) in [4.78, 5) is 0. The first-order chi connectivity index (χ1) is 16.3. The first-order valence-corrected chi connectivity index (χ1v) is 11.8. The van der Waals surface area contributed by atoms with E-state index in [2.05, 4.69) is 76.2 Å². The summed E-state index contributed by atoms with van der Waals surface area (Å²) in [7, 11) is 0. The summed E-state index contributed by atoms with van der Waals surface area (Å²) >= 11 is 0. The molecule has 2 N–H and O–H groups in total. The van der Waals surface area contributed by atoms with Gasteiger partial charge in [-0.25, -0.2) is 5.12 Å². The molecular formula is C30H31N3O. The van der Waals surface area contributed by atoms with Crippen molar-refractivity contribution < 1.29 is 10.2 Å². The number of nitrogens with one attached hydrogen (secondary N) is 1. The summed E-state index contributed by atoms with van der Waals surface area (Å²) in [6, 6.07) is 25.0. The molecule has 4 nitrogen and oxygen atoms in total. The summed E-state index contributed by atoms with van der Waals surface area (Å²) in [5, 5.41) is 17.0. The van der Waals surface area contributed by atoms with Crippen LogP contribution in [0.4, 0.5) is 5.69 Å². The van der Waals surface area contributed by atoms with Crippen LogP contribution in [0.25, 0.3) is 5.43 Å². The number of rotatable bonds is 5. The van der Waals surface area contributed by atoms with Crippen molar-refractivity contribution in [2.24, 2.45) is 5.10 Å². The average Bonchev–Trinajstić information content (AvgIpc) is 3.29. The van der Waals surface area contributed by atoms with E-state index in [9.17, 15) is 5.11 Å². The Bertz CT molecular complexity index is 1290. The molecule has 172 valence electrons. The molecule has 2 aliphatic rings. The van der Waals surface area contributed by atoms with Gasteiger partial charge in [-0.3, -0.25) is 0 Å². The van der Waals surface area contributed by atoms with Crippen LogP contribution in [-0.4, -0.2) is 16.9 Å². The smallest absolute Gasteiger partial charge is 0.190 e. The monoisotopic (exact) mass is 449 g/mol. The molecule has 1 aliphatic heterocycles. The number of quaternary nitrogens is 1. The van der Waals surface area contributed by atoms with Crippen molar-refractivity contribution in [2.75, 3.05) is 0 Å². The molecule has 5 rings (SSSR count). The van der Waals surface area contributed by atoms with Crippen LogP contribution in [0.15, 0.2) is 102 Å². The Balaban J connectivity index is 1.70. The van der Waals surface area contributed by atoms with E-state index in [1.807, 2.05) is 48.6 Å². The molecule has 0 spiro atoms. The van der Waals surface area contributed by atoms with Crippen molar-refractivity contribution in [2.45, 2.75) is 44.6 Å². The Morgan fingerprint density at radius 1 is 0.794 bits per heavy atom. The fourth-order valence-corrected chi connectivity index (χ4v) is 4.82. The molecule has 0 radical (unpaired) electrons. The van der Waals surface area contributed by atoms with Gasteiger partial charge in [0.2, 0.25) is 0 Å². The molecule has 1 heterocycles. The number of hydrogen-bond donors (Lipinski definition) is 2. The zero-order valence-electron chi connectivity index (χ0n) is 20.2. The summed E-state index contributed by atoms with van der Waals surface area (Å²) in [6.45, 7) is 8.78. The number of allylic oxidation sites excluding steroid dienone is 2. The number of nitrogens with zero attached hydrogens (tertiary/aromatic N) is 2. The van der Waals surface area contributed by atoms with E-state index in [0.717, 1.165) is 22.4 Å². The summed E-state index contributed by atoms with van der Waals surface area (Å²) in [6.07, 6.45) is 8.00. The Hall–Kier alpha value is -3.47. The van der Waals surface area contributed by atoms with Gasteiger partial charge in [0.25, 0.3) is 0 Å². The minimum absolute atomic E-state index is 0.0872. The summed E-state index contributed by atoms with van der Waals surface area (Å²) in [5.41, 5.74) is 10.1.